The van der Waals surface area contributed by atoms with Gasteiger partial charge >= 0.3 is 6.09 Å². The van der Waals surface area contributed by atoms with Crippen molar-refractivity contribution < 1.29 is 19.4 Å². The number of aryl methyl sites for hydroxylation is 2. The number of hydrogen-bond acceptors (Lipinski definition) is 4. The van der Waals surface area contributed by atoms with E-state index in [0.717, 1.165) is 0 Å². The van der Waals surface area contributed by atoms with Crippen LogP contribution in [0.15, 0.2) is 66.7 Å². The fourth-order valence-corrected chi connectivity index (χ4v) is 6.64. The van der Waals surface area contributed by atoms with Gasteiger partial charge in [0.25, 0.3) is 0 Å². The van der Waals surface area contributed by atoms with Crippen LogP contribution in [0.3, 0.4) is 0 Å². The van der Waals surface area contributed by atoms with Gasteiger partial charge in [-0.25, -0.2) is 4.79 Å². The average molecular weight is 484 g/mol. The molecule has 0 radical (unpaired) electrons. The Balaban J connectivity index is 1.18. The second-order valence-electron chi connectivity index (χ2n) is 10.7. The number of piperidine rings is 1. The first-order chi connectivity index (χ1) is 17.4. The summed E-state index contributed by atoms with van der Waals surface area (Å²) in [5.74, 6) is 0.0307. The molecule has 2 unspecified atom stereocenters. The number of fused-ring (bicyclic) bond motifs is 5. The third-order valence-electron chi connectivity index (χ3n) is 8.34. The standard InChI is InChI=1S/C31H33NO4/c1-20-8-7-9-21(2)28(20)16-31(34)14-22-17-35-18-23(15-31)32(22)30(33)36-19-29-26-12-5-3-10-24(26)25-11-4-6-13-27(25)29/h3-13,22-23,29,34H,14-19H2,1-2H3. The van der Waals surface area contributed by atoms with E-state index >= 15 is 0 Å². The largest absolute Gasteiger partial charge is 0.448 e. The molecule has 186 valence electrons. The number of aliphatic hydroxyl groups is 1. The SMILES string of the molecule is Cc1cccc(C)c1CC1(O)CC2COCC(C1)N2C(=O)OCC1c2ccccc2-c2ccccc21. The molecular weight excluding hydrogens is 450 g/mol. The molecule has 3 aliphatic rings. The fraction of sp³-hybridized carbons (Fsp3) is 0.387. The number of hydrogen-bond donors (Lipinski definition) is 1. The molecule has 1 aliphatic carbocycles. The molecule has 5 heteroatoms. The Bertz CT molecular complexity index is 1220. The Morgan fingerprint density at radius 3 is 2.06 bits per heavy atom. The van der Waals surface area contributed by atoms with Crippen molar-refractivity contribution in [3.8, 4) is 11.1 Å². The van der Waals surface area contributed by atoms with E-state index in [1.54, 1.807) is 0 Å². The summed E-state index contributed by atoms with van der Waals surface area (Å²) >= 11 is 0. The number of benzene rings is 3. The van der Waals surface area contributed by atoms with Gasteiger partial charge in [-0.05, 0) is 65.6 Å². The van der Waals surface area contributed by atoms with E-state index in [1.807, 2.05) is 17.0 Å². The van der Waals surface area contributed by atoms with Gasteiger partial charge in [0.05, 0.1) is 30.9 Å². The number of nitrogens with zero attached hydrogens (tertiary/aromatic N) is 1. The number of carbonyl (C=O) groups excluding carboxylic acids is 1. The highest BCUT2D eigenvalue weighted by Crippen LogP contribution is 2.45. The lowest BCUT2D eigenvalue weighted by Crippen LogP contribution is -2.64. The lowest BCUT2D eigenvalue weighted by molar-refractivity contribution is -0.132. The van der Waals surface area contributed by atoms with Crippen molar-refractivity contribution in [2.75, 3.05) is 19.8 Å². The Kier molecular flexibility index (Phi) is 5.85. The summed E-state index contributed by atoms with van der Waals surface area (Å²) < 4.78 is 11.8. The highest BCUT2D eigenvalue weighted by molar-refractivity contribution is 5.79. The van der Waals surface area contributed by atoms with Crippen molar-refractivity contribution in [1.29, 1.82) is 0 Å². The van der Waals surface area contributed by atoms with Gasteiger partial charge in [-0.3, -0.25) is 4.90 Å². The van der Waals surface area contributed by atoms with Gasteiger partial charge in [0.2, 0.25) is 0 Å². The van der Waals surface area contributed by atoms with Gasteiger partial charge in [-0.2, -0.15) is 0 Å². The van der Waals surface area contributed by atoms with Crippen LogP contribution >= 0.6 is 0 Å². The third-order valence-corrected chi connectivity index (χ3v) is 8.34. The molecule has 3 aromatic rings. The molecule has 2 saturated heterocycles. The highest BCUT2D eigenvalue weighted by Gasteiger charge is 2.49. The fourth-order valence-electron chi connectivity index (χ4n) is 6.64. The lowest BCUT2D eigenvalue weighted by atomic mass is 9.76. The van der Waals surface area contributed by atoms with Crippen molar-refractivity contribution in [1.82, 2.24) is 4.90 Å². The summed E-state index contributed by atoms with van der Waals surface area (Å²) in [6.45, 7) is 5.35. The summed E-state index contributed by atoms with van der Waals surface area (Å²) in [6, 6.07) is 22.6. The van der Waals surface area contributed by atoms with Crippen LogP contribution in [0.2, 0.25) is 0 Å². The van der Waals surface area contributed by atoms with E-state index in [0.29, 0.717) is 39.1 Å². The van der Waals surface area contributed by atoms with Gasteiger partial charge in [-0.15, -0.1) is 0 Å². The van der Waals surface area contributed by atoms with Gasteiger partial charge in [-0.1, -0.05) is 66.7 Å². The zero-order valence-corrected chi connectivity index (χ0v) is 20.9. The molecule has 3 aromatic carbocycles. The summed E-state index contributed by atoms with van der Waals surface area (Å²) in [6.07, 6.45) is 1.27. The molecule has 0 saturated carbocycles. The van der Waals surface area contributed by atoms with Crippen LogP contribution in [0.1, 0.15) is 46.6 Å². The van der Waals surface area contributed by atoms with Crippen molar-refractivity contribution >= 4 is 6.09 Å². The van der Waals surface area contributed by atoms with Crippen LogP contribution in [-0.4, -0.2) is 53.6 Å². The minimum absolute atomic E-state index is 0.0307. The Hall–Kier alpha value is -3.15. The first kappa shape index (κ1) is 23.3. The first-order valence-corrected chi connectivity index (χ1v) is 12.9. The van der Waals surface area contributed by atoms with Crippen LogP contribution in [0.5, 0.6) is 0 Å². The molecule has 2 atom stereocenters. The molecule has 1 amide bonds. The van der Waals surface area contributed by atoms with Gasteiger partial charge in [0.1, 0.15) is 6.61 Å². The first-order valence-electron chi connectivity index (χ1n) is 12.9. The van der Waals surface area contributed by atoms with Crippen molar-refractivity contribution in [3.05, 3.63) is 94.5 Å². The second-order valence-corrected chi connectivity index (χ2v) is 10.7. The van der Waals surface area contributed by atoms with Gasteiger partial charge in [0.15, 0.2) is 0 Å². The van der Waals surface area contributed by atoms with E-state index in [-0.39, 0.29) is 24.1 Å². The van der Waals surface area contributed by atoms with Crippen molar-refractivity contribution in [2.24, 2.45) is 0 Å². The maximum absolute atomic E-state index is 13.4. The van der Waals surface area contributed by atoms with Crippen LogP contribution in [0, 0.1) is 13.8 Å². The molecule has 0 aromatic heterocycles. The molecule has 2 fully saturated rings. The Morgan fingerprint density at radius 1 is 0.917 bits per heavy atom. The second kappa shape index (κ2) is 9.06. The van der Waals surface area contributed by atoms with Crippen molar-refractivity contribution in [2.45, 2.75) is 56.7 Å². The summed E-state index contributed by atoms with van der Waals surface area (Å²) in [7, 11) is 0. The smallest absolute Gasteiger partial charge is 0.410 e. The molecule has 1 N–H and O–H groups in total. The number of carbonyl (C=O) groups is 1. The van der Waals surface area contributed by atoms with E-state index in [4.69, 9.17) is 9.47 Å². The lowest BCUT2D eigenvalue weighted by Gasteiger charge is -2.51. The number of ether oxygens (including phenoxy) is 2. The minimum Gasteiger partial charge on any atom is -0.448 e. The van der Waals surface area contributed by atoms with Crippen LogP contribution in [0.4, 0.5) is 4.79 Å². The molecule has 5 nitrogen and oxygen atoms in total. The van der Waals surface area contributed by atoms with E-state index < -0.39 is 5.60 Å². The third kappa shape index (κ3) is 4.00. The average Bonchev–Trinajstić information content (AvgIpc) is 3.18. The summed E-state index contributed by atoms with van der Waals surface area (Å²) in [5, 5.41) is 11.7. The maximum atomic E-state index is 13.4. The Morgan fingerprint density at radius 2 is 1.47 bits per heavy atom. The Labute approximate surface area is 212 Å². The normalized spacial score (nSPS) is 24.8. The number of rotatable bonds is 4. The van der Waals surface area contributed by atoms with E-state index in [2.05, 4.69) is 68.4 Å². The quantitative estimate of drug-likeness (QED) is 0.541. The predicted molar refractivity (Wildman–Crippen MR) is 139 cm³/mol. The molecule has 2 aliphatic heterocycles. The summed E-state index contributed by atoms with van der Waals surface area (Å²) in [5.41, 5.74) is 7.58. The molecule has 36 heavy (non-hydrogen) atoms. The predicted octanol–water partition coefficient (Wildman–Crippen LogP) is 5.39. The molecule has 2 heterocycles. The zero-order chi connectivity index (χ0) is 24.9. The number of morpholine rings is 1. The van der Waals surface area contributed by atoms with Crippen LogP contribution in [-0.2, 0) is 15.9 Å². The van der Waals surface area contributed by atoms with Crippen molar-refractivity contribution in [3.63, 3.8) is 0 Å². The van der Waals surface area contributed by atoms with Gasteiger partial charge < -0.3 is 14.6 Å². The molecular formula is C31H33NO4. The summed E-state index contributed by atoms with van der Waals surface area (Å²) in [4.78, 5) is 15.3. The van der Waals surface area contributed by atoms with Crippen LogP contribution < -0.4 is 0 Å². The molecule has 0 spiro atoms. The molecule has 6 rings (SSSR count). The number of amides is 1. The zero-order valence-electron chi connectivity index (χ0n) is 20.9. The topological polar surface area (TPSA) is 59.0 Å². The monoisotopic (exact) mass is 483 g/mol. The van der Waals surface area contributed by atoms with Gasteiger partial charge in [0, 0.05) is 12.3 Å². The highest BCUT2D eigenvalue weighted by atomic mass is 16.6. The molecule has 2 bridgehead atoms. The maximum Gasteiger partial charge on any atom is 0.410 e. The van der Waals surface area contributed by atoms with Crippen LogP contribution in [0.25, 0.3) is 11.1 Å². The minimum atomic E-state index is -0.865. The van der Waals surface area contributed by atoms with E-state index in [9.17, 15) is 9.90 Å². The van der Waals surface area contributed by atoms with E-state index in [1.165, 1.54) is 38.9 Å².